The molecule has 2 rings (SSSR count). The number of aromatic nitrogens is 1. The summed E-state index contributed by atoms with van der Waals surface area (Å²) in [7, 11) is 0. The minimum Gasteiger partial charge on any atom is -0.233 e. The summed E-state index contributed by atoms with van der Waals surface area (Å²) in [4.78, 5) is 3.54. The lowest BCUT2D eigenvalue weighted by Gasteiger charge is -2.10. The van der Waals surface area contributed by atoms with Gasteiger partial charge in [0.05, 0.1) is 5.56 Å². The van der Waals surface area contributed by atoms with Gasteiger partial charge in [-0.25, -0.2) is 9.37 Å². The Morgan fingerprint density at radius 1 is 1.19 bits per heavy atom. The highest BCUT2D eigenvalue weighted by Crippen LogP contribution is 2.36. The molecule has 1 heterocycles. The molecule has 0 radical (unpaired) electrons. The van der Waals surface area contributed by atoms with Gasteiger partial charge in [0.15, 0.2) is 0 Å². The normalized spacial score (nSPS) is 12.1. The van der Waals surface area contributed by atoms with Crippen LogP contribution in [0.5, 0.6) is 0 Å². The van der Waals surface area contributed by atoms with Crippen molar-refractivity contribution >= 4 is 22.5 Å². The van der Waals surface area contributed by atoms with Gasteiger partial charge in [-0.05, 0) is 12.1 Å². The molecule has 0 atom stereocenters. The zero-order chi connectivity index (χ0) is 11.9. The SMILES string of the molecule is Fc1cccc2c(C(F)(F)F)cc(Cl)nc12. The van der Waals surface area contributed by atoms with Gasteiger partial charge in [-0.1, -0.05) is 23.7 Å². The molecule has 0 fully saturated rings. The second kappa shape index (κ2) is 3.59. The molecule has 0 aliphatic heterocycles. The van der Waals surface area contributed by atoms with Crippen LogP contribution in [0.15, 0.2) is 24.3 Å². The fourth-order valence-corrected chi connectivity index (χ4v) is 1.61. The molecule has 0 aliphatic rings. The largest absolute Gasteiger partial charge is 0.417 e. The van der Waals surface area contributed by atoms with E-state index in [1.807, 2.05) is 0 Å². The summed E-state index contributed by atoms with van der Waals surface area (Å²) in [6.07, 6.45) is -4.58. The summed E-state index contributed by atoms with van der Waals surface area (Å²) >= 11 is 5.42. The van der Waals surface area contributed by atoms with Crippen LogP contribution in [0.25, 0.3) is 10.9 Å². The van der Waals surface area contributed by atoms with Crippen molar-refractivity contribution in [3.8, 4) is 0 Å². The summed E-state index contributed by atoms with van der Waals surface area (Å²) in [6.45, 7) is 0. The zero-order valence-corrected chi connectivity index (χ0v) is 8.40. The van der Waals surface area contributed by atoms with Crippen LogP contribution in [0, 0.1) is 5.82 Å². The van der Waals surface area contributed by atoms with E-state index in [9.17, 15) is 17.6 Å². The molecule has 0 saturated heterocycles. The van der Waals surface area contributed by atoms with Crippen LogP contribution < -0.4 is 0 Å². The van der Waals surface area contributed by atoms with Crippen LogP contribution >= 0.6 is 11.6 Å². The van der Waals surface area contributed by atoms with Crippen molar-refractivity contribution < 1.29 is 17.6 Å². The van der Waals surface area contributed by atoms with Gasteiger partial charge in [-0.2, -0.15) is 13.2 Å². The standard InChI is InChI=1S/C10H4ClF4N/c11-8-4-6(10(13,14)15)5-2-1-3-7(12)9(5)16-8/h1-4H. The Morgan fingerprint density at radius 3 is 2.50 bits per heavy atom. The van der Waals surface area contributed by atoms with Gasteiger partial charge in [0.25, 0.3) is 0 Å². The number of pyridine rings is 1. The first-order valence-electron chi connectivity index (χ1n) is 4.21. The molecular weight excluding hydrogens is 246 g/mol. The highest BCUT2D eigenvalue weighted by Gasteiger charge is 2.33. The van der Waals surface area contributed by atoms with Gasteiger partial charge in [0, 0.05) is 5.39 Å². The van der Waals surface area contributed by atoms with Crippen molar-refractivity contribution in [2.24, 2.45) is 0 Å². The van der Waals surface area contributed by atoms with Gasteiger partial charge < -0.3 is 0 Å². The summed E-state index contributed by atoms with van der Waals surface area (Å²) in [5.41, 5.74) is -1.36. The zero-order valence-electron chi connectivity index (χ0n) is 7.65. The van der Waals surface area contributed by atoms with Gasteiger partial charge in [-0.15, -0.1) is 0 Å². The fourth-order valence-electron chi connectivity index (χ4n) is 1.42. The molecule has 1 aromatic heterocycles. The first-order valence-corrected chi connectivity index (χ1v) is 4.59. The smallest absolute Gasteiger partial charge is 0.233 e. The molecule has 0 bridgehead atoms. The number of rotatable bonds is 0. The van der Waals surface area contributed by atoms with Gasteiger partial charge >= 0.3 is 6.18 Å². The summed E-state index contributed by atoms with van der Waals surface area (Å²) in [5.74, 6) is -0.828. The van der Waals surface area contributed by atoms with E-state index < -0.39 is 17.6 Å². The third-order valence-electron chi connectivity index (χ3n) is 2.06. The van der Waals surface area contributed by atoms with Crippen molar-refractivity contribution in [2.45, 2.75) is 6.18 Å². The fraction of sp³-hybridized carbons (Fsp3) is 0.100. The molecule has 0 aliphatic carbocycles. The Hall–Kier alpha value is -1.36. The van der Waals surface area contributed by atoms with Gasteiger partial charge in [-0.3, -0.25) is 0 Å². The number of nitrogens with zero attached hydrogens (tertiary/aromatic N) is 1. The Labute approximate surface area is 92.7 Å². The minimum atomic E-state index is -4.58. The molecule has 0 spiro atoms. The molecule has 6 heteroatoms. The molecule has 0 unspecified atom stereocenters. The van der Waals surface area contributed by atoms with Crippen molar-refractivity contribution in [3.05, 3.63) is 40.8 Å². The topological polar surface area (TPSA) is 12.9 Å². The van der Waals surface area contributed by atoms with E-state index in [0.29, 0.717) is 6.07 Å². The Balaban J connectivity index is 2.89. The van der Waals surface area contributed by atoms with Crippen LogP contribution in [-0.4, -0.2) is 4.98 Å². The number of hydrogen-bond acceptors (Lipinski definition) is 1. The second-order valence-electron chi connectivity index (χ2n) is 3.13. The lowest BCUT2D eigenvalue weighted by molar-refractivity contribution is -0.136. The third kappa shape index (κ3) is 1.82. The molecule has 0 N–H and O–H groups in total. The molecule has 1 nitrogen and oxygen atoms in total. The molecule has 0 saturated carbocycles. The minimum absolute atomic E-state index is 0.295. The highest BCUT2D eigenvalue weighted by atomic mass is 35.5. The van der Waals surface area contributed by atoms with E-state index in [1.165, 1.54) is 6.07 Å². The third-order valence-corrected chi connectivity index (χ3v) is 2.26. The predicted octanol–water partition coefficient (Wildman–Crippen LogP) is 4.05. The molecule has 0 amide bonds. The first kappa shape index (κ1) is 11.1. The lowest BCUT2D eigenvalue weighted by Crippen LogP contribution is -2.07. The quantitative estimate of drug-likeness (QED) is 0.507. The second-order valence-corrected chi connectivity index (χ2v) is 3.51. The van der Waals surface area contributed by atoms with Crippen LogP contribution in [0.3, 0.4) is 0 Å². The van der Waals surface area contributed by atoms with Crippen molar-refractivity contribution in [1.82, 2.24) is 4.98 Å². The van der Waals surface area contributed by atoms with Crippen molar-refractivity contribution in [2.75, 3.05) is 0 Å². The maximum absolute atomic E-state index is 13.2. The average molecular weight is 250 g/mol. The van der Waals surface area contributed by atoms with E-state index in [1.54, 1.807) is 0 Å². The van der Waals surface area contributed by atoms with Crippen molar-refractivity contribution in [3.63, 3.8) is 0 Å². The Kier molecular flexibility index (Phi) is 2.50. The first-order chi connectivity index (χ1) is 7.39. The number of alkyl halides is 3. The molecular formula is C10H4ClF4N. The number of halogens is 5. The highest BCUT2D eigenvalue weighted by molar-refractivity contribution is 6.30. The molecule has 16 heavy (non-hydrogen) atoms. The average Bonchev–Trinajstić information content (AvgIpc) is 2.17. The van der Waals surface area contributed by atoms with Crippen molar-refractivity contribution in [1.29, 1.82) is 0 Å². The van der Waals surface area contributed by atoms with E-state index in [0.717, 1.165) is 12.1 Å². The number of hydrogen-bond donors (Lipinski definition) is 0. The van der Waals surface area contributed by atoms with Gasteiger partial charge in [0.2, 0.25) is 0 Å². The molecule has 84 valence electrons. The monoisotopic (exact) mass is 249 g/mol. The summed E-state index contributed by atoms with van der Waals surface area (Å²) < 4.78 is 51.1. The Bertz CT molecular complexity index is 550. The van der Waals surface area contributed by atoms with Crippen LogP contribution in [-0.2, 0) is 6.18 Å². The van der Waals surface area contributed by atoms with E-state index in [4.69, 9.17) is 11.6 Å². The number of benzene rings is 1. The van der Waals surface area contributed by atoms with Crippen LogP contribution in [0.2, 0.25) is 5.15 Å². The Morgan fingerprint density at radius 2 is 1.88 bits per heavy atom. The van der Waals surface area contributed by atoms with E-state index in [-0.39, 0.29) is 16.1 Å². The predicted molar refractivity (Wildman–Crippen MR) is 51.7 cm³/mol. The maximum atomic E-state index is 13.2. The molecule has 1 aromatic carbocycles. The number of fused-ring (bicyclic) bond motifs is 1. The summed E-state index contributed by atoms with van der Waals surface area (Å²) in [6, 6.07) is 4.07. The maximum Gasteiger partial charge on any atom is 0.417 e. The van der Waals surface area contributed by atoms with Gasteiger partial charge in [0.1, 0.15) is 16.5 Å². The lowest BCUT2D eigenvalue weighted by atomic mass is 10.1. The van der Waals surface area contributed by atoms with Crippen LogP contribution in [0.4, 0.5) is 17.6 Å². The van der Waals surface area contributed by atoms with E-state index >= 15 is 0 Å². The number of para-hydroxylation sites is 1. The van der Waals surface area contributed by atoms with E-state index in [2.05, 4.69) is 4.98 Å². The van der Waals surface area contributed by atoms with Crippen LogP contribution in [0.1, 0.15) is 5.56 Å². The summed E-state index contributed by atoms with van der Waals surface area (Å²) in [5, 5.41) is -0.679. The molecule has 2 aromatic rings.